The highest BCUT2D eigenvalue weighted by atomic mass is 15.2. The van der Waals surface area contributed by atoms with Crippen LogP contribution in [0.1, 0.15) is 26.3 Å². The summed E-state index contributed by atoms with van der Waals surface area (Å²) in [6, 6.07) is 150. The van der Waals surface area contributed by atoms with Gasteiger partial charge in [0.1, 0.15) is 0 Å². The summed E-state index contributed by atoms with van der Waals surface area (Å²) in [5.74, 6) is 0. The lowest BCUT2D eigenvalue weighted by Crippen LogP contribution is -2.61. The number of anilines is 6. The molecular formula is C107H77BN4. The van der Waals surface area contributed by atoms with Crippen molar-refractivity contribution in [3.05, 3.63) is 406 Å². The number of hydrogen-bond donors (Lipinski definition) is 0. The number of nitrogens with zero attached hydrogens (tertiary/aromatic N) is 4. The summed E-state index contributed by atoms with van der Waals surface area (Å²) in [5, 5.41) is 4.80. The van der Waals surface area contributed by atoms with Gasteiger partial charge in [0.25, 0.3) is 6.71 Å². The summed E-state index contributed by atoms with van der Waals surface area (Å²) in [6.45, 7) is 6.92. The third kappa shape index (κ3) is 11.3. The van der Waals surface area contributed by atoms with Crippen molar-refractivity contribution in [3.8, 4) is 100 Å². The lowest BCUT2D eigenvalue weighted by atomic mass is 9.33. The third-order valence-electron chi connectivity index (χ3n) is 23.2. The van der Waals surface area contributed by atoms with Gasteiger partial charge in [0.05, 0.1) is 33.4 Å². The van der Waals surface area contributed by atoms with E-state index >= 15 is 0 Å². The van der Waals surface area contributed by atoms with Crippen LogP contribution in [0.2, 0.25) is 0 Å². The van der Waals surface area contributed by atoms with Gasteiger partial charge in [0, 0.05) is 77.9 Å². The molecule has 0 saturated heterocycles. The molecule has 4 heterocycles. The molecule has 17 aromatic carbocycles. The zero-order valence-corrected chi connectivity index (χ0v) is 62.7. The molecule has 0 unspecified atom stereocenters. The van der Waals surface area contributed by atoms with Gasteiger partial charge < -0.3 is 18.9 Å². The lowest BCUT2D eigenvalue weighted by molar-refractivity contribution is 0.411. The number of benzene rings is 17. The Labute approximate surface area is 654 Å². The minimum Gasteiger partial charge on any atom is -0.310 e. The predicted molar refractivity (Wildman–Crippen MR) is 476 cm³/mol. The molecule has 5 heteroatoms. The van der Waals surface area contributed by atoms with Crippen molar-refractivity contribution < 1.29 is 0 Å². The van der Waals surface area contributed by atoms with Crippen LogP contribution in [0.25, 0.3) is 144 Å². The monoisotopic (exact) mass is 1430 g/mol. The van der Waals surface area contributed by atoms with Gasteiger partial charge in [0.2, 0.25) is 0 Å². The van der Waals surface area contributed by atoms with E-state index in [1.54, 1.807) is 0 Å². The first-order valence-corrected chi connectivity index (χ1v) is 39.1. The first-order valence-electron chi connectivity index (χ1n) is 39.1. The quantitative estimate of drug-likeness (QED) is 0.107. The minimum atomic E-state index is -0.262. The molecule has 0 fully saturated rings. The highest BCUT2D eigenvalue weighted by molar-refractivity contribution is 7.00. The van der Waals surface area contributed by atoms with Crippen LogP contribution in [-0.4, -0.2) is 15.8 Å². The van der Waals surface area contributed by atoms with E-state index in [0.29, 0.717) is 0 Å². The summed E-state index contributed by atoms with van der Waals surface area (Å²) in [6.07, 6.45) is 0.811. The number of rotatable bonds is 13. The first-order chi connectivity index (χ1) is 55.2. The van der Waals surface area contributed by atoms with E-state index in [2.05, 4.69) is 440 Å². The molecule has 528 valence electrons. The van der Waals surface area contributed by atoms with Crippen LogP contribution in [0.5, 0.6) is 0 Å². The van der Waals surface area contributed by atoms with E-state index in [0.717, 1.165) is 118 Å². The van der Waals surface area contributed by atoms with Crippen LogP contribution in [0.3, 0.4) is 0 Å². The number of hydrogen-bond acceptors (Lipinski definition) is 2. The van der Waals surface area contributed by atoms with Crippen molar-refractivity contribution in [2.24, 2.45) is 5.41 Å². The Balaban J connectivity index is 0.895. The molecule has 2 aliphatic heterocycles. The summed E-state index contributed by atoms with van der Waals surface area (Å²) < 4.78 is 5.08. The van der Waals surface area contributed by atoms with E-state index in [9.17, 15) is 0 Å². The Morgan fingerprint density at radius 2 is 0.500 bits per heavy atom. The second-order valence-electron chi connectivity index (χ2n) is 31.3. The highest BCUT2D eigenvalue weighted by Crippen LogP contribution is 2.55. The molecular weight excluding hydrogens is 1350 g/mol. The molecule has 0 aliphatic carbocycles. The van der Waals surface area contributed by atoms with Gasteiger partial charge in [-0.2, -0.15) is 0 Å². The molecule has 2 aliphatic rings. The van der Waals surface area contributed by atoms with Gasteiger partial charge in [0.15, 0.2) is 0 Å². The zero-order valence-electron chi connectivity index (χ0n) is 62.7. The van der Waals surface area contributed by atoms with E-state index < -0.39 is 0 Å². The standard InChI is InChI=1S/C107H77BN4/c1-107(2,3)70-71-62-102-104-103(63-71)112(106-88(78-42-24-10-25-43-78)48-29-49-89(106)79-44-26-11-27-45-79)101-69-85(110-98-60-52-82(74-34-16-6-17-35-74)66-92(98)93-67-83(53-61-99(93)110)75-36-18-7-19-37-75)55-57-95(101)108(104)94-56-54-84(68-100(94)111(102)105-86(76-38-20-8-21-39-76)46-28-47-87(105)77-40-22-9-23-41-77)109-96-58-50-80(72-30-12-4-13-31-72)64-90(96)91-65-81(51-59-97(91)109)73-32-14-5-15-33-73/h4-69H,70H2,1-3H3. The predicted octanol–water partition coefficient (Wildman–Crippen LogP) is 26.9. The number of para-hydroxylation sites is 2. The van der Waals surface area contributed by atoms with Crippen molar-refractivity contribution in [1.29, 1.82) is 0 Å². The van der Waals surface area contributed by atoms with Gasteiger partial charge in [-0.05, 0) is 185 Å². The molecule has 0 radical (unpaired) electrons. The molecule has 21 rings (SSSR count). The van der Waals surface area contributed by atoms with Crippen molar-refractivity contribution in [2.45, 2.75) is 27.2 Å². The van der Waals surface area contributed by atoms with Crippen LogP contribution in [0.4, 0.5) is 34.1 Å². The van der Waals surface area contributed by atoms with Crippen molar-refractivity contribution in [1.82, 2.24) is 9.13 Å². The van der Waals surface area contributed by atoms with Crippen LogP contribution in [-0.2, 0) is 6.42 Å². The van der Waals surface area contributed by atoms with Crippen molar-refractivity contribution in [3.63, 3.8) is 0 Å². The Bertz CT molecular complexity index is 6130. The molecule has 112 heavy (non-hydrogen) atoms. The number of fused-ring (bicyclic) bond motifs is 10. The fraction of sp³-hybridized carbons (Fsp3) is 0.0467. The third-order valence-corrected chi connectivity index (χ3v) is 23.2. The Morgan fingerprint density at radius 3 is 0.768 bits per heavy atom. The fourth-order valence-corrected chi connectivity index (χ4v) is 18.3. The van der Waals surface area contributed by atoms with E-state index in [1.165, 1.54) is 88.0 Å². The molecule has 0 N–H and O–H groups in total. The van der Waals surface area contributed by atoms with E-state index in [1.807, 2.05) is 0 Å². The molecule has 0 spiro atoms. The minimum absolute atomic E-state index is 0.113. The fourth-order valence-electron chi connectivity index (χ4n) is 18.3. The van der Waals surface area contributed by atoms with Gasteiger partial charge in [-0.25, -0.2) is 0 Å². The smallest absolute Gasteiger partial charge is 0.252 e. The van der Waals surface area contributed by atoms with Crippen LogP contribution < -0.4 is 26.2 Å². The normalized spacial score (nSPS) is 12.4. The van der Waals surface area contributed by atoms with Gasteiger partial charge >= 0.3 is 0 Å². The average Bonchev–Trinajstić information content (AvgIpc) is 0.729. The summed E-state index contributed by atoms with van der Waals surface area (Å²) in [7, 11) is 0. The zero-order chi connectivity index (χ0) is 74.5. The van der Waals surface area contributed by atoms with Crippen LogP contribution in [0.15, 0.2) is 400 Å². The second kappa shape index (κ2) is 27.0. The summed E-state index contributed by atoms with van der Waals surface area (Å²) in [4.78, 5) is 5.42. The molecule has 19 aromatic rings. The Kier molecular flexibility index (Phi) is 16.0. The largest absolute Gasteiger partial charge is 0.310 e. The molecule has 4 nitrogen and oxygen atoms in total. The maximum Gasteiger partial charge on any atom is 0.252 e. The average molecular weight is 1430 g/mol. The Hall–Kier alpha value is -14.0. The molecule has 0 bridgehead atoms. The maximum atomic E-state index is 2.71. The van der Waals surface area contributed by atoms with E-state index in [-0.39, 0.29) is 12.1 Å². The number of aromatic nitrogens is 2. The van der Waals surface area contributed by atoms with Crippen molar-refractivity contribution >= 4 is 101 Å². The van der Waals surface area contributed by atoms with Crippen molar-refractivity contribution in [2.75, 3.05) is 9.80 Å². The maximum absolute atomic E-state index is 2.71. The topological polar surface area (TPSA) is 16.3 Å². The summed E-state index contributed by atoms with van der Waals surface area (Å²) in [5.41, 5.74) is 36.9. The molecule has 0 atom stereocenters. The second-order valence-corrected chi connectivity index (χ2v) is 31.3. The summed E-state index contributed by atoms with van der Waals surface area (Å²) >= 11 is 0. The molecule has 0 saturated carbocycles. The highest BCUT2D eigenvalue weighted by Gasteiger charge is 2.46. The first kappa shape index (κ1) is 66.2. The van der Waals surface area contributed by atoms with Crippen LogP contribution in [0, 0.1) is 5.41 Å². The molecule has 2 aromatic heterocycles. The van der Waals surface area contributed by atoms with Crippen LogP contribution >= 0.6 is 0 Å². The van der Waals surface area contributed by atoms with Gasteiger partial charge in [-0.1, -0.05) is 336 Å². The molecule has 0 amide bonds. The Morgan fingerprint density at radius 1 is 0.232 bits per heavy atom. The van der Waals surface area contributed by atoms with E-state index in [4.69, 9.17) is 0 Å². The SMILES string of the molecule is CC(C)(C)Cc1cc2c3c(c1)N(c1c(-c4ccccc4)cccc1-c1ccccc1)c1cc(-n4c5ccc(-c6ccccc6)cc5c5cc(-c6ccccc6)ccc54)ccc1B3c1ccc(-n3c4ccc(-c5ccccc5)cc4c4cc(-c5ccccc5)ccc43)cc1N2c1c(-c2ccccc2)cccc1-c1ccccc1. The van der Waals surface area contributed by atoms with Gasteiger partial charge in [-0.3, -0.25) is 0 Å². The lowest BCUT2D eigenvalue weighted by Gasteiger charge is -2.46. The van der Waals surface area contributed by atoms with Gasteiger partial charge in [-0.15, -0.1) is 0 Å².